The largest absolute Gasteiger partial charge is 0.455 e. The zero-order valence-corrected chi connectivity index (χ0v) is 16.9. The molecule has 1 saturated carbocycles. The first-order valence-electron chi connectivity index (χ1n) is 9.20. The van der Waals surface area contributed by atoms with E-state index in [4.69, 9.17) is 4.74 Å². The Morgan fingerprint density at radius 1 is 1.21 bits per heavy atom. The summed E-state index contributed by atoms with van der Waals surface area (Å²) in [5.41, 5.74) is 0.959. The predicted octanol–water partition coefficient (Wildman–Crippen LogP) is 2.55. The SMILES string of the molecule is Cc1ccc(NC(=O)CS[C@@H](C)C(=O)OCC(=O)NC2(C#N)CCCC2)cc1. The van der Waals surface area contributed by atoms with E-state index >= 15 is 0 Å². The third-order valence-electron chi connectivity index (χ3n) is 4.53. The number of hydrogen-bond donors (Lipinski definition) is 2. The number of aryl methyl sites for hydroxylation is 1. The molecule has 0 radical (unpaired) electrons. The first-order chi connectivity index (χ1) is 13.3. The molecule has 0 heterocycles. The number of nitrogens with zero attached hydrogens (tertiary/aromatic N) is 1. The van der Waals surface area contributed by atoms with Gasteiger partial charge in [0.05, 0.1) is 11.8 Å². The van der Waals surface area contributed by atoms with Gasteiger partial charge in [-0.3, -0.25) is 14.4 Å². The van der Waals surface area contributed by atoms with Crippen LogP contribution in [0.1, 0.15) is 38.2 Å². The molecule has 0 saturated heterocycles. The van der Waals surface area contributed by atoms with Gasteiger partial charge in [0, 0.05) is 5.69 Å². The van der Waals surface area contributed by atoms with Gasteiger partial charge in [-0.05, 0) is 51.7 Å². The molecule has 1 aromatic carbocycles. The highest BCUT2D eigenvalue weighted by Gasteiger charge is 2.35. The standard InChI is InChI=1S/C20H25N3O4S/c1-14-5-7-16(8-6-14)22-18(25)12-28-15(2)19(26)27-11-17(24)23-20(13-21)9-3-4-10-20/h5-8,15H,3-4,9-12H2,1-2H3,(H,22,25)(H,23,24)/t15-/m0/s1. The summed E-state index contributed by atoms with van der Waals surface area (Å²) in [6, 6.07) is 9.57. The van der Waals surface area contributed by atoms with Crippen molar-refractivity contribution >= 4 is 35.2 Å². The molecule has 2 amide bonds. The molecule has 0 aromatic heterocycles. The van der Waals surface area contributed by atoms with E-state index in [-0.39, 0.29) is 11.7 Å². The van der Waals surface area contributed by atoms with Crippen molar-refractivity contribution in [2.45, 2.75) is 50.3 Å². The Kier molecular flexibility index (Phi) is 7.88. The van der Waals surface area contributed by atoms with Crippen LogP contribution in [-0.4, -0.2) is 40.9 Å². The Bertz CT molecular complexity index is 752. The van der Waals surface area contributed by atoms with Crippen LogP contribution in [0.5, 0.6) is 0 Å². The van der Waals surface area contributed by atoms with Gasteiger partial charge in [0.2, 0.25) is 5.91 Å². The molecule has 1 atom stereocenters. The van der Waals surface area contributed by atoms with E-state index in [1.54, 1.807) is 6.92 Å². The van der Waals surface area contributed by atoms with E-state index in [1.807, 2.05) is 31.2 Å². The average Bonchev–Trinajstić information content (AvgIpc) is 3.15. The van der Waals surface area contributed by atoms with Gasteiger partial charge in [-0.1, -0.05) is 17.7 Å². The third kappa shape index (κ3) is 6.57. The third-order valence-corrected chi connectivity index (χ3v) is 5.65. The number of benzene rings is 1. The number of thioether (sulfide) groups is 1. The molecule has 28 heavy (non-hydrogen) atoms. The maximum Gasteiger partial charge on any atom is 0.319 e. The van der Waals surface area contributed by atoms with E-state index in [0.717, 1.165) is 30.2 Å². The minimum absolute atomic E-state index is 0.0912. The van der Waals surface area contributed by atoms with Gasteiger partial charge in [0.25, 0.3) is 5.91 Å². The lowest BCUT2D eigenvalue weighted by atomic mass is 10.00. The second-order valence-corrected chi connectivity index (χ2v) is 8.25. The van der Waals surface area contributed by atoms with E-state index < -0.39 is 29.3 Å². The van der Waals surface area contributed by atoms with Crippen molar-refractivity contribution in [1.82, 2.24) is 5.32 Å². The first-order valence-corrected chi connectivity index (χ1v) is 10.3. The normalized spacial score (nSPS) is 15.9. The summed E-state index contributed by atoms with van der Waals surface area (Å²) >= 11 is 1.13. The molecule has 2 N–H and O–H groups in total. The summed E-state index contributed by atoms with van der Waals surface area (Å²) in [7, 11) is 0. The van der Waals surface area contributed by atoms with E-state index in [1.165, 1.54) is 0 Å². The van der Waals surface area contributed by atoms with Gasteiger partial charge in [0.15, 0.2) is 6.61 Å². The summed E-state index contributed by atoms with van der Waals surface area (Å²) in [5.74, 6) is -1.18. The van der Waals surface area contributed by atoms with Crippen molar-refractivity contribution in [2.75, 3.05) is 17.7 Å². The maximum atomic E-state index is 12.0. The van der Waals surface area contributed by atoms with Gasteiger partial charge < -0.3 is 15.4 Å². The van der Waals surface area contributed by atoms with Crippen molar-refractivity contribution in [3.8, 4) is 6.07 Å². The van der Waals surface area contributed by atoms with Crippen LogP contribution < -0.4 is 10.6 Å². The van der Waals surface area contributed by atoms with Crippen molar-refractivity contribution in [2.24, 2.45) is 0 Å². The zero-order valence-electron chi connectivity index (χ0n) is 16.1. The first kappa shape index (κ1) is 21.8. The summed E-state index contributed by atoms with van der Waals surface area (Å²) in [6.07, 6.45) is 3.02. The monoisotopic (exact) mass is 403 g/mol. The number of carbonyl (C=O) groups excluding carboxylic acids is 3. The van der Waals surface area contributed by atoms with Crippen LogP contribution in [0.3, 0.4) is 0 Å². The number of anilines is 1. The van der Waals surface area contributed by atoms with Crippen LogP contribution in [0.4, 0.5) is 5.69 Å². The highest BCUT2D eigenvalue weighted by Crippen LogP contribution is 2.28. The Balaban J connectivity index is 1.69. The predicted molar refractivity (Wildman–Crippen MR) is 108 cm³/mol. The minimum atomic E-state index is -0.835. The van der Waals surface area contributed by atoms with Gasteiger partial charge in [-0.15, -0.1) is 11.8 Å². The van der Waals surface area contributed by atoms with Crippen LogP contribution in [0.2, 0.25) is 0 Å². The van der Waals surface area contributed by atoms with E-state index in [9.17, 15) is 19.6 Å². The molecular formula is C20H25N3O4S. The molecule has 7 nitrogen and oxygen atoms in total. The van der Waals surface area contributed by atoms with Crippen molar-refractivity contribution in [1.29, 1.82) is 5.26 Å². The second-order valence-electron chi connectivity index (χ2n) is 6.92. The molecule has 1 aromatic rings. The number of carbonyl (C=O) groups is 3. The van der Waals surface area contributed by atoms with Gasteiger partial charge in [-0.2, -0.15) is 5.26 Å². The molecule has 0 unspecified atom stereocenters. The molecule has 8 heteroatoms. The second kappa shape index (κ2) is 10.1. The molecule has 0 spiro atoms. The Morgan fingerprint density at radius 3 is 2.46 bits per heavy atom. The number of esters is 1. The fraction of sp³-hybridized carbons (Fsp3) is 0.500. The Hall–Kier alpha value is -2.53. The number of nitrogens with one attached hydrogen (secondary N) is 2. The van der Waals surface area contributed by atoms with Crippen molar-refractivity contribution in [3.05, 3.63) is 29.8 Å². The number of nitriles is 1. The summed E-state index contributed by atoms with van der Waals surface area (Å²) < 4.78 is 5.02. The fourth-order valence-electron chi connectivity index (χ4n) is 2.90. The van der Waals surface area contributed by atoms with Crippen LogP contribution in [0, 0.1) is 18.3 Å². The molecule has 1 fully saturated rings. The van der Waals surface area contributed by atoms with Crippen LogP contribution in [0.15, 0.2) is 24.3 Å². The quantitative estimate of drug-likeness (QED) is 0.646. The number of ether oxygens (including phenoxy) is 1. The average molecular weight is 404 g/mol. The van der Waals surface area contributed by atoms with E-state index in [2.05, 4.69) is 16.7 Å². The smallest absolute Gasteiger partial charge is 0.319 e. The summed E-state index contributed by atoms with van der Waals surface area (Å²) in [4.78, 5) is 36.0. The zero-order chi connectivity index (χ0) is 20.6. The lowest BCUT2D eigenvalue weighted by Crippen LogP contribution is -2.47. The van der Waals surface area contributed by atoms with Crippen LogP contribution in [0.25, 0.3) is 0 Å². The molecule has 1 aliphatic carbocycles. The Morgan fingerprint density at radius 2 is 1.86 bits per heavy atom. The number of rotatable bonds is 8. The molecule has 0 bridgehead atoms. The lowest BCUT2D eigenvalue weighted by molar-refractivity contribution is -0.148. The van der Waals surface area contributed by atoms with Crippen molar-refractivity contribution < 1.29 is 19.1 Å². The maximum absolute atomic E-state index is 12.0. The fourth-order valence-corrected chi connectivity index (χ4v) is 3.58. The highest BCUT2D eigenvalue weighted by molar-refractivity contribution is 8.01. The molecule has 2 rings (SSSR count). The molecule has 1 aliphatic rings. The van der Waals surface area contributed by atoms with Crippen LogP contribution >= 0.6 is 11.8 Å². The van der Waals surface area contributed by atoms with Crippen molar-refractivity contribution in [3.63, 3.8) is 0 Å². The van der Waals surface area contributed by atoms with Crippen LogP contribution in [-0.2, 0) is 19.1 Å². The number of hydrogen-bond acceptors (Lipinski definition) is 6. The van der Waals surface area contributed by atoms with Gasteiger partial charge in [-0.25, -0.2) is 0 Å². The lowest BCUT2D eigenvalue weighted by Gasteiger charge is -2.22. The topological polar surface area (TPSA) is 108 Å². The minimum Gasteiger partial charge on any atom is -0.455 e. The summed E-state index contributed by atoms with van der Waals surface area (Å²) in [5, 5.41) is 14.1. The van der Waals surface area contributed by atoms with E-state index in [0.29, 0.717) is 18.5 Å². The highest BCUT2D eigenvalue weighted by atomic mass is 32.2. The molecular weight excluding hydrogens is 378 g/mol. The Labute approximate surface area is 169 Å². The number of amides is 2. The van der Waals surface area contributed by atoms with Gasteiger partial charge >= 0.3 is 5.97 Å². The molecule has 0 aliphatic heterocycles. The summed E-state index contributed by atoms with van der Waals surface area (Å²) in [6.45, 7) is 3.16. The van der Waals surface area contributed by atoms with Gasteiger partial charge in [0.1, 0.15) is 10.8 Å². The molecule has 150 valence electrons.